The highest BCUT2D eigenvalue weighted by atomic mass is 15.2. The van der Waals surface area contributed by atoms with Gasteiger partial charge in [0, 0.05) is 32.7 Å². The maximum atomic E-state index is 3.37. The summed E-state index contributed by atoms with van der Waals surface area (Å²) in [6, 6.07) is 8.66. The lowest BCUT2D eigenvalue weighted by molar-refractivity contribution is 0.234. The van der Waals surface area contributed by atoms with Gasteiger partial charge in [-0.15, -0.1) is 0 Å². The molecule has 14 heavy (non-hydrogen) atoms. The average Bonchev–Trinajstić information content (AvgIpc) is 2.23. The van der Waals surface area contributed by atoms with Crippen LogP contribution in [0.4, 0.5) is 0 Å². The Kier molecular flexibility index (Phi) is 3.22. The molecule has 0 atom stereocenters. The fraction of sp³-hybridized carbons (Fsp3) is 0.455. The SMILES string of the molecule is Bc1ccccc1CN1CCNCC1. The topological polar surface area (TPSA) is 15.3 Å². The zero-order chi connectivity index (χ0) is 9.80. The van der Waals surface area contributed by atoms with Gasteiger partial charge in [-0.25, -0.2) is 0 Å². The van der Waals surface area contributed by atoms with Gasteiger partial charge in [0.05, 0.1) is 0 Å². The number of benzene rings is 1. The normalized spacial score (nSPS) is 18.3. The molecule has 1 N–H and O–H groups in total. The zero-order valence-corrected chi connectivity index (χ0v) is 8.79. The van der Waals surface area contributed by atoms with Crippen LogP contribution in [0.15, 0.2) is 24.3 Å². The maximum Gasteiger partial charge on any atom is 0.139 e. The number of piperazine rings is 1. The Labute approximate surface area is 86.7 Å². The van der Waals surface area contributed by atoms with Gasteiger partial charge in [-0.05, 0) is 5.56 Å². The van der Waals surface area contributed by atoms with Gasteiger partial charge in [-0.1, -0.05) is 29.7 Å². The summed E-state index contributed by atoms with van der Waals surface area (Å²) < 4.78 is 0. The molecule has 0 radical (unpaired) electrons. The van der Waals surface area contributed by atoms with Crippen molar-refractivity contribution in [2.24, 2.45) is 0 Å². The molecule has 0 aromatic heterocycles. The molecule has 0 aliphatic carbocycles. The lowest BCUT2D eigenvalue weighted by Gasteiger charge is -2.27. The second-order valence-corrected chi connectivity index (χ2v) is 3.95. The van der Waals surface area contributed by atoms with Gasteiger partial charge in [0.1, 0.15) is 7.85 Å². The van der Waals surface area contributed by atoms with Gasteiger partial charge in [0.25, 0.3) is 0 Å². The summed E-state index contributed by atoms with van der Waals surface area (Å²) in [5.74, 6) is 0. The fourth-order valence-corrected chi connectivity index (χ4v) is 1.90. The second kappa shape index (κ2) is 4.62. The van der Waals surface area contributed by atoms with E-state index in [0.717, 1.165) is 19.6 Å². The number of rotatable bonds is 2. The molecule has 2 nitrogen and oxygen atoms in total. The largest absolute Gasteiger partial charge is 0.314 e. The molecular formula is C11H17BN2. The monoisotopic (exact) mass is 188 g/mol. The Hall–Kier alpha value is -0.795. The van der Waals surface area contributed by atoms with Crippen molar-refractivity contribution in [3.8, 4) is 0 Å². The van der Waals surface area contributed by atoms with Crippen molar-refractivity contribution in [1.82, 2.24) is 10.2 Å². The Morgan fingerprint density at radius 1 is 1.21 bits per heavy atom. The van der Waals surface area contributed by atoms with E-state index in [1.54, 1.807) is 0 Å². The van der Waals surface area contributed by atoms with Crippen molar-refractivity contribution in [3.63, 3.8) is 0 Å². The van der Waals surface area contributed by atoms with Gasteiger partial charge in [-0.3, -0.25) is 4.90 Å². The van der Waals surface area contributed by atoms with Crippen LogP contribution >= 0.6 is 0 Å². The van der Waals surface area contributed by atoms with Crippen LogP contribution in [0.25, 0.3) is 0 Å². The second-order valence-electron chi connectivity index (χ2n) is 3.95. The molecular weight excluding hydrogens is 171 g/mol. The molecule has 1 aromatic rings. The van der Waals surface area contributed by atoms with Crippen LogP contribution in [-0.2, 0) is 6.54 Å². The molecule has 3 heteroatoms. The Morgan fingerprint density at radius 2 is 1.93 bits per heavy atom. The van der Waals surface area contributed by atoms with E-state index in [1.165, 1.54) is 24.1 Å². The highest BCUT2D eigenvalue weighted by molar-refractivity contribution is 6.33. The minimum Gasteiger partial charge on any atom is -0.314 e. The smallest absolute Gasteiger partial charge is 0.139 e. The Bertz CT molecular complexity index is 295. The van der Waals surface area contributed by atoms with Gasteiger partial charge >= 0.3 is 0 Å². The van der Waals surface area contributed by atoms with Crippen molar-refractivity contribution < 1.29 is 0 Å². The molecule has 0 saturated carbocycles. The third kappa shape index (κ3) is 2.37. The lowest BCUT2D eigenvalue weighted by atomic mass is 9.90. The van der Waals surface area contributed by atoms with Crippen LogP contribution in [0.2, 0.25) is 0 Å². The van der Waals surface area contributed by atoms with Crippen LogP contribution in [-0.4, -0.2) is 38.9 Å². The summed E-state index contributed by atoms with van der Waals surface area (Å²) in [7, 11) is 2.19. The summed E-state index contributed by atoms with van der Waals surface area (Å²) >= 11 is 0. The molecule has 74 valence electrons. The molecule has 1 aliphatic rings. The van der Waals surface area contributed by atoms with E-state index < -0.39 is 0 Å². The third-order valence-electron chi connectivity index (χ3n) is 2.86. The minimum absolute atomic E-state index is 1.11. The van der Waals surface area contributed by atoms with Crippen LogP contribution in [0.1, 0.15) is 5.56 Å². The van der Waals surface area contributed by atoms with Crippen molar-refractivity contribution in [1.29, 1.82) is 0 Å². The first-order chi connectivity index (χ1) is 6.86. The Balaban J connectivity index is 1.99. The summed E-state index contributed by atoms with van der Waals surface area (Å²) in [4.78, 5) is 2.51. The van der Waals surface area contributed by atoms with E-state index in [0.29, 0.717) is 0 Å². The molecule has 1 saturated heterocycles. The van der Waals surface area contributed by atoms with Crippen molar-refractivity contribution in [3.05, 3.63) is 29.8 Å². The predicted octanol–water partition coefficient (Wildman–Crippen LogP) is -0.650. The van der Waals surface area contributed by atoms with Crippen LogP contribution < -0.4 is 10.8 Å². The summed E-state index contributed by atoms with van der Waals surface area (Å²) in [6.07, 6.45) is 0. The molecule has 1 fully saturated rings. The molecule has 1 aromatic carbocycles. The number of nitrogens with zero attached hydrogens (tertiary/aromatic N) is 1. The van der Waals surface area contributed by atoms with E-state index in [4.69, 9.17) is 0 Å². The summed E-state index contributed by atoms with van der Waals surface area (Å²) in [5.41, 5.74) is 2.88. The summed E-state index contributed by atoms with van der Waals surface area (Å²) in [5, 5.41) is 3.37. The predicted molar refractivity (Wildman–Crippen MR) is 62.8 cm³/mol. The van der Waals surface area contributed by atoms with Gasteiger partial charge in [0.2, 0.25) is 0 Å². The fourth-order valence-electron chi connectivity index (χ4n) is 1.90. The molecule has 2 rings (SSSR count). The quantitative estimate of drug-likeness (QED) is 0.620. The number of hydrogen-bond donors (Lipinski definition) is 1. The third-order valence-corrected chi connectivity index (χ3v) is 2.86. The van der Waals surface area contributed by atoms with E-state index in [2.05, 4.69) is 42.3 Å². The van der Waals surface area contributed by atoms with Gasteiger partial charge in [-0.2, -0.15) is 0 Å². The maximum absolute atomic E-state index is 3.37. The van der Waals surface area contributed by atoms with Gasteiger partial charge in [0.15, 0.2) is 0 Å². The van der Waals surface area contributed by atoms with Crippen LogP contribution in [0.5, 0.6) is 0 Å². The Morgan fingerprint density at radius 3 is 2.64 bits per heavy atom. The molecule has 0 unspecified atom stereocenters. The lowest BCUT2D eigenvalue weighted by Crippen LogP contribution is -2.43. The summed E-state index contributed by atoms with van der Waals surface area (Å²) in [6.45, 7) is 5.72. The first-order valence-electron chi connectivity index (χ1n) is 5.34. The zero-order valence-electron chi connectivity index (χ0n) is 8.79. The first kappa shape index (κ1) is 9.75. The van der Waals surface area contributed by atoms with Crippen LogP contribution in [0.3, 0.4) is 0 Å². The van der Waals surface area contributed by atoms with Crippen molar-refractivity contribution in [2.45, 2.75) is 6.54 Å². The van der Waals surface area contributed by atoms with E-state index in [9.17, 15) is 0 Å². The molecule has 0 bridgehead atoms. The van der Waals surface area contributed by atoms with E-state index >= 15 is 0 Å². The molecule has 1 heterocycles. The highest BCUT2D eigenvalue weighted by Gasteiger charge is 2.10. The van der Waals surface area contributed by atoms with E-state index in [-0.39, 0.29) is 0 Å². The standard InChI is InChI=1S/C11H17BN2/c12-11-4-2-1-3-10(11)9-14-7-5-13-6-8-14/h1-4,13H,5-9,12H2. The molecule has 1 aliphatic heterocycles. The van der Waals surface area contributed by atoms with E-state index in [1.807, 2.05) is 0 Å². The first-order valence-corrected chi connectivity index (χ1v) is 5.34. The molecule has 0 amide bonds. The number of nitrogens with one attached hydrogen (secondary N) is 1. The highest BCUT2D eigenvalue weighted by Crippen LogP contribution is 2.02. The van der Waals surface area contributed by atoms with Crippen LogP contribution in [0, 0.1) is 0 Å². The van der Waals surface area contributed by atoms with Crippen molar-refractivity contribution in [2.75, 3.05) is 26.2 Å². The van der Waals surface area contributed by atoms with Gasteiger partial charge < -0.3 is 5.32 Å². The molecule has 0 spiro atoms. The average molecular weight is 188 g/mol. The number of hydrogen-bond acceptors (Lipinski definition) is 2. The minimum atomic E-state index is 1.11. The van der Waals surface area contributed by atoms with Crippen molar-refractivity contribution >= 4 is 13.3 Å².